The van der Waals surface area contributed by atoms with E-state index in [1.807, 2.05) is 19.4 Å². The topological polar surface area (TPSA) is 67.4 Å². The van der Waals surface area contributed by atoms with Crippen LogP contribution in [0.25, 0.3) is 0 Å². The molecule has 1 heterocycles. The van der Waals surface area contributed by atoms with E-state index in [1.165, 1.54) is 25.7 Å². The van der Waals surface area contributed by atoms with Crippen molar-refractivity contribution in [2.24, 2.45) is 10.7 Å². The Kier molecular flexibility index (Phi) is 5.17. The number of guanidine groups is 1. The van der Waals surface area contributed by atoms with Gasteiger partial charge >= 0.3 is 0 Å². The maximum absolute atomic E-state index is 5.94. The van der Waals surface area contributed by atoms with Crippen LogP contribution in [0.2, 0.25) is 0 Å². The van der Waals surface area contributed by atoms with E-state index in [-0.39, 0.29) is 24.0 Å². The Morgan fingerprint density at radius 3 is 2.50 bits per heavy atom. The zero-order chi connectivity index (χ0) is 13.2. The Balaban J connectivity index is 0.00000147. The Labute approximate surface area is 137 Å². The maximum atomic E-state index is 5.94. The van der Waals surface area contributed by atoms with Gasteiger partial charge < -0.3 is 10.6 Å². The molecule has 0 spiro atoms. The molecule has 5 nitrogen and oxygen atoms in total. The van der Waals surface area contributed by atoms with Gasteiger partial charge in [-0.25, -0.2) is 9.97 Å². The summed E-state index contributed by atoms with van der Waals surface area (Å²) in [5.41, 5.74) is 7.07. The Morgan fingerprint density at radius 1 is 1.30 bits per heavy atom. The number of nitrogens with two attached hydrogens (primary N) is 1. The van der Waals surface area contributed by atoms with Gasteiger partial charge in [-0.15, -0.1) is 24.0 Å². The van der Waals surface area contributed by atoms with Crippen molar-refractivity contribution < 1.29 is 0 Å². The predicted molar refractivity (Wildman–Crippen MR) is 90.4 cm³/mol. The summed E-state index contributed by atoms with van der Waals surface area (Å²) in [6.07, 6.45) is 9.67. The van der Waals surface area contributed by atoms with E-state index in [0.29, 0.717) is 24.5 Å². The molecule has 3 rings (SSSR count). The SMILES string of the molecule is CN(C(N)=NCCc1cnc(C2CC2)nc1)C1CC1.I. The van der Waals surface area contributed by atoms with Crippen LogP contribution in [0.3, 0.4) is 0 Å². The average Bonchev–Trinajstić information content (AvgIpc) is 3.31. The Hall–Kier alpha value is -0.920. The van der Waals surface area contributed by atoms with Crippen LogP contribution >= 0.6 is 24.0 Å². The van der Waals surface area contributed by atoms with Gasteiger partial charge in [-0.3, -0.25) is 4.99 Å². The molecule has 2 aliphatic carbocycles. The summed E-state index contributed by atoms with van der Waals surface area (Å²) in [5.74, 6) is 2.27. The third-order valence-corrected chi connectivity index (χ3v) is 3.80. The van der Waals surface area contributed by atoms with E-state index < -0.39 is 0 Å². The summed E-state index contributed by atoms with van der Waals surface area (Å²) < 4.78 is 0. The number of hydrogen-bond acceptors (Lipinski definition) is 3. The normalized spacial score (nSPS) is 18.6. The molecule has 2 saturated carbocycles. The Morgan fingerprint density at radius 2 is 1.95 bits per heavy atom. The van der Waals surface area contributed by atoms with Gasteiger partial charge in [-0.1, -0.05) is 0 Å². The Bertz CT molecular complexity index is 465. The van der Waals surface area contributed by atoms with Gasteiger partial charge in [0.05, 0.1) is 0 Å². The first-order valence-corrected chi connectivity index (χ1v) is 7.07. The first-order chi connectivity index (χ1) is 9.24. The number of aromatic nitrogens is 2. The first kappa shape index (κ1) is 15.5. The lowest BCUT2D eigenvalue weighted by Crippen LogP contribution is -2.35. The summed E-state index contributed by atoms with van der Waals surface area (Å²) in [7, 11) is 2.02. The van der Waals surface area contributed by atoms with E-state index in [9.17, 15) is 0 Å². The molecule has 110 valence electrons. The van der Waals surface area contributed by atoms with Crippen molar-refractivity contribution in [1.82, 2.24) is 14.9 Å². The van der Waals surface area contributed by atoms with Crippen LogP contribution < -0.4 is 5.73 Å². The highest BCUT2D eigenvalue weighted by Crippen LogP contribution is 2.37. The van der Waals surface area contributed by atoms with Crippen molar-refractivity contribution in [3.05, 3.63) is 23.8 Å². The summed E-state index contributed by atoms with van der Waals surface area (Å²) >= 11 is 0. The number of aliphatic imine (C=N–C) groups is 1. The lowest BCUT2D eigenvalue weighted by Gasteiger charge is -2.16. The van der Waals surface area contributed by atoms with Gasteiger partial charge in [0.2, 0.25) is 0 Å². The molecule has 0 radical (unpaired) electrons. The molecule has 0 amide bonds. The number of hydrogen-bond donors (Lipinski definition) is 1. The van der Waals surface area contributed by atoms with Gasteiger partial charge in [-0.05, 0) is 37.7 Å². The van der Waals surface area contributed by atoms with Crippen LogP contribution in [0.1, 0.15) is 43.0 Å². The number of nitrogens with zero attached hydrogens (tertiary/aromatic N) is 4. The quantitative estimate of drug-likeness (QED) is 0.476. The van der Waals surface area contributed by atoms with Crippen molar-refractivity contribution in [3.8, 4) is 0 Å². The van der Waals surface area contributed by atoms with Gasteiger partial charge in [0, 0.05) is 37.9 Å². The van der Waals surface area contributed by atoms with Crippen molar-refractivity contribution in [2.45, 2.75) is 44.1 Å². The van der Waals surface area contributed by atoms with E-state index in [4.69, 9.17) is 5.73 Å². The summed E-state index contributed by atoms with van der Waals surface area (Å²) in [6, 6.07) is 0.616. The minimum Gasteiger partial charge on any atom is -0.370 e. The number of halogens is 1. The molecular weight excluding hydrogens is 365 g/mol. The van der Waals surface area contributed by atoms with Crippen molar-refractivity contribution >= 4 is 29.9 Å². The third kappa shape index (κ3) is 4.04. The molecular formula is C14H22IN5. The van der Waals surface area contributed by atoms with Crippen molar-refractivity contribution in [1.29, 1.82) is 0 Å². The van der Waals surface area contributed by atoms with Gasteiger partial charge in [0.15, 0.2) is 5.96 Å². The van der Waals surface area contributed by atoms with E-state index in [2.05, 4.69) is 19.9 Å². The molecule has 2 aliphatic rings. The van der Waals surface area contributed by atoms with Crippen LogP contribution in [-0.4, -0.2) is 40.5 Å². The van der Waals surface area contributed by atoms with Gasteiger partial charge in [0.1, 0.15) is 5.82 Å². The fraction of sp³-hybridized carbons (Fsp3) is 0.643. The molecule has 1 aromatic rings. The smallest absolute Gasteiger partial charge is 0.191 e. The standard InChI is InChI=1S/C14H21N5.HI/c1-19(12-4-5-12)14(15)16-7-6-10-8-17-13(18-9-10)11-2-3-11;/h8-9,11-12H,2-7H2,1H3,(H2,15,16);1H. The molecule has 2 N–H and O–H groups in total. The molecule has 0 unspecified atom stereocenters. The molecule has 0 aromatic carbocycles. The third-order valence-electron chi connectivity index (χ3n) is 3.80. The monoisotopic (exact) mass is 387 g/mol. The highest BCUT2D eigenvalue weighted by atomic mass is 127. The number of rotatable bonds is 5. The minimum atomic E-state index is 0. The zero-order valence-corrected chi connectivity index (χ0v) is 14.2. The molecule has 1 aromatic heterocycles. The van der Waals surface area contributed by atoms with E-state index >= 15 is 0 Å². The first-order valence-electron chi connectivity index (χ1n) is 7.07. The van der Waals surface area contributed by atoms with E-state index in [1.54, 1.807) is 0 Å². The van der Waals surface area contributed by atoms with E-state index in [0.717, 1.165) is 17.8 Å². The molecule has 2 fully saturated rings. The molecule has 6 heteroatoms. The van der Waals surface area contributed by atoms with Crippen LogP contribution in [0, 0.1) is 0 Å². The maximum Gasteiger partial charge on any atom is 0.191 e. The van der Waals surface area contributed by atoms with Gasteiger partial charge in [-0.2, -0.15) is 0 Å². The summed E-state index contributed by atoms with van der Waals surface area (Å²) in [6.45, 7) is 0.703. The highest BCUT2D eigenvalue weighted by molar-refractivity contribution is 14.0. The molecule has 0 bridgehead atoms. The fourth-order valence-electron chi connectivity index (χ4n) is 2.11. The second kappa shape index (κ2) is 6.69. The molecule has 0 aliphatic heterocycles. The van der Waals surface area contributed by atoms with Crippen LogP contribution in [0.15, 0.2) is 17.4 Å². The molecule has 20 heavy (non-hydrogen) atoms. The fourth-order valence-corrected chi connectivity index (χ4v) is 2.11. The molecule has 0 saturated heterocycles. The summed E-state index contributed by atoms with van der Waals surface area (Å²) in [4.78, 5) is 15.3. The van der Waals surface area contributed by atoms with Crippen LogP contribution in [0.5, 0.6) is 0 Å². The van der Waals surface area contributed by atoms with Crippen LogP contribution in [0.4, 0.5) is 0 Å². The predicted octanol–water partition coefficient (Wildman–Crippen LogP) is 1.92. The lowest BCUT2D eigenvalue weighted by molar-refractivity contribution is 0.487. The van der Waals surface area contributed by atoms with Gasteiger partial charge in [0.25, 0.3) is 0 Å². The second-order valence-corrected chi connectivity index (χ2v) is 5.56. The lowest BCUT2D eigenvalue weighted by atomic mass is 10.2. The largest absolute Gasteiger partial charge is 0.370 e. The minimum absolute atomic E-state index is 0. The average molecular weight is 387 g/mol. The summed E-state index contributed by atoms with van der Waals surface area (Å²) in [5, 5.41) is 0. The van der Waals surface area contributed by atoms with Crippen molar-refractivity contribution in [3.63, 3.8) is 0 Å². The van der Waals surface area contributed by atoms with Crippen molar-refractivity contribution in [2.75, 3.05) is 13.6 Å². The highest BCUT2D eigenvalue weighted by Gasteiger charge is 2.27. The zero-order valence-electron chi connectivity index (χ0n) is 11.8. The van der Waals surface area contributed by atoms with Crippen LogP contribution in [-0.2, 0) is 6.42 Å². The molecule has 0 atom stereocenters. The second-order valence-electron chi connectivity index (χ2n) is 5.56.